The Labute approximate surface area is 104 Å². The predicted molar refractivity (Wildman–Crippen MR) is 66.4 cm³/mol. The van der Waals surface area contributed by atoms with Crippen molar-refractivity contribution in [2.24, 2.45) is 0 Å². The molecule has 0 radical (unpaired) electrons. The summed E-state index contributed by atoms with van der Waals surface area (Å²) in [5.74, 6) is -0.0298. The van der Waals surface area contributed by atoms with E-state index in [1.807, 2.05) is 6.92 Å². The first-order chi connectivity index (χ1) is 8.33. The van der Waals surface area contributed by atoms with Crippen LogP contribution in [0.5, 0.6) is 0 Å². The lowest BCUT2D eigenvalue weighted by atomic mass is 10.0. The lowest BCUT2D eigenvalue weighted by Crippen LogP contribution is -2.55. The lowest BCUT2D eigenvalue weighted by Gasteiger charge is -2.43. The van der Waals surface area contributed by atoms with Gasteiger partial charge in [0.15, 0.2) is 0 Å². The van der Waals surface area contributed by atoms with Gasteiger partial charge in [-0.15, -0.1) is 0 Å². The van der Waals surface area contributed by atoms with Crippen LogP contribution in [0.2, 0.25) is 0 Å². The maximum absolute atomic E-state index is 12.0. The van der Waals surface area contributed by atoms with E-state index in [0.29, 0.717) is 6.61 Å². The minimum atomic E-state index is -0.0298. The highest BCUT2D eigenvalue weighted by molar-refractivity contribution is 5.75. The third kappa shape index (κ3) is 3.19. The summed E-state index contributed by atoms with van der Waals surface area (Å²) in [6.45, 7) is 5.60. The molecule has 0 bridgehead atoms. The van der Waals surface area contributed by atoms with Gasteiger partial charge >= 0.3 is 5.97 Å². The molecule has 4 heteroatoms. The summed E-state index contributed by atoms with van der Waals surface area (Å²) in [6.07, 6.45) is 7.14. The van der Waals surface area contributed by atoms with Crippen molar-refractivity contribution in [3.63, 3.8) is 0 Å². The van der Waals surface area contributed by atoms with E-state index in [2.05, 4.69) is 10.0 Å². The van der Waals surface area contributed by atoms with Crippen molar-refractivity contribution < 1.29 is 9.53 Å². The summed E-state index contributed by atoms with van der Waals surface area (Å²) < 4.78 is 5.20. The van der Waals surface area contributed by atoms with Gasteiger partial charge in [0.05, 0.1) is 6.61 Å². The molecule has 1 atom stereocenters. The Balaban J connectivity index is 1.97. The van der Waals surface area contributed by atoms with Gasteiger partial charge in [-0.1, -0.05) is 6.42 Å². The Hall–Kier alpha value is -0.610. The van der Waals surface area contributed by atoms with Crippen LogP contribution in [0.1, 0.15) is 45.4 Å². The number of nitrogens with zero attached hydrogens (tertiary/aromatic N) is 2. The van der Waals surface area contributed by atoms with Gasteiger partial charge in [-0.25, -0.2) is 10.0 Å². The van der Waals surface area contributed by atoms with Gasteiger partial charge in [0.2, 0.25) is 0 Å². The standard InChI is InChI=1S/C13H24N2O2/c1-2-17-13(16)12-8-4-7-11-15(12)14-9-5-3-6-10-14/h12H,2-11H2,1H3. The number of ether oxygens (including phenoxy) is 1. The first-order valence-electron chi connectivity index (χ1n) is 7.01. The minimum Gasteiger partial charge on any atom is -0.465 e. The molecule has 0 aromatic rings. The van der Waals surface area contributed by atoms with Crippen molar-refractivity contribution in [3.05, 3.63) is 0 Å². The number of hydrazine groups is 1. The summed E-state index contributed by atoms with van der Waals surface area (Å²) >= 11 is 0. The van der Waals surface area contributed by atoms with Crippen LogP contribution < -0.4 is 0 Å². The van der Waals surface area contributed by atoms with Crippen molar-refractivity contribution in [3.8, 4) is 0 Å². The Kier molecular flexibility index (Phi) is 4.80. The van der Waals surface area contributed by atoms with Crippen molar-refractivity contribution in [2.45, 2.75) is 51.5 Å². The zero-order chi connectivity index (χ0) is 12.1. The molecule has 2 aliphatic heterocycles. The van der Waals surface area contributed by atoms with Crippen LogP contribution in [-0.4, -0.2) is 48.3 Å². The third-order valence-corrected chi connectivity index (χ3v) is 3.73. The highest BCUT2D eigenvalue weighted by Gasteiger charge is 2.33. The molecule has 1 unspecified atom stereocenters. The molecule has 0 saturated carbocycles. The molecular weight excluding hydrogens is 216 g/mol. The quantitative estimate of drug-likeness (QED) is 0.704. The molecule has 4 nitrogen and oxygen atoms in total. The lowest BCUT2D eigenvalue weighted by molar-refractivity contribution is -0.164. The fraction of sp³-hybridized carbons (Fsp3) is 0.923. The van der Waals surface area contributed by atoms with Crippen LogP contribution >= 0.6 is 0 Å². The molecule has 2 rings (SSSR count). The molecule has 2 saturated heterocycles. The summed E-state index contributed by atoms with van der Waals surface area (Å²) in [6, 6.07) is -0.0261. The summed E-state index contributed by atoms with van der Waals surface area (Å²) in [5, 5.41) is 4.66. The summed E-state index contributed by atoms with van der Waals surface area (Å²) in [7, 11) is 0. The topological polar surface area (TPSA) is 32.8 Å². The molecule has 0 spiro atoms. The molecule has 2 aliphatic rings. The first kappa shape index (κ1) is 12.8. The molecule has 2 heterocycles. The third-order valence-electron chi connectivity index (χ3n) is 3.73. The second-order valence-corrected chi connectivity index (χ2v) is 4.94. The van der Waals surface area contributed by atoms with E-state index in [-0.39, 0.29) is 12.0 Å². The Morgan fingerprint density at radius 2 is 1.82 bits per heavy atom. The van der Waals surface area contributed by atoms with Crippen LogP contribution in [-0.2, 0) is 9.53 Å². The number of piperidine rings is 2. The van der Waals surface area contributed by atoms with Gasteiger partial charge in [0, 0.05) is 19.6 Å². The van der Waals surface area contributed by atoms with Crippen molar-refractivity contribution in [1.82, 2.24) is 10.0 Å². The maximum atomic E-state index is 12.0. The average Bonchev–Trinajstić information content (AvgIpc) is 2.40. The number of carbonyl (C=O) groups excluding carboxylic acids is 1. The molecule has 0 N–H and O–H groups in total. The van der Waals surface area contributed by atoms with Gasteiger partial charge in [-0.2, -0.15) is 0 Å². The van der Waals surface area contributed by atoms with E-state index < -0.39 is 0 Å². The van der Waals surface area contributed by atoms with Gasteiger partial charge in [-0.05, 0) is 39.0 Å². The van der Waals surface area contributed by atoms with Crippen LogP contribution in [0, 0.1) is 0 Å². The molecular formula is C13H24N2O2. The fourth-order valence-corrected chi connectivity index (χ4v) is 2.87. The molecule has 98 valence electrons. The zero-order valence-corrected chi connectivity index (χ0v) is 10.9. The Bertz CT molecular complexity index is 252. The molecule has 2 fully saturated rings. The number of hydrogen-bond acceptors (Lipinski definition) is 4. The molecule has 0 amide bonds. The van der Waals surface area contributed by atoms with E-state index in [1.165, 1.54) is 25.7 Å². The zero-order valence-electron chi connectivity index (χ0n) is 10.9. The van der Waals surface area contributed by atoms with Gasteiger partial charge in [-0.3, -0.25) is 4.79 Å². The predicted octanol–water partition coefficient (Wildman–Crippen LogP) is 1.80. The minimum absolute atomic E-state index is 0.0261. The van der Waals surface area contributed by atoms with E-state index in [1.54, 1.807) is 0 Å². The number of rotatable bonds is 3. The highest BCUT2D eigenvalue weighted by Crippen LogP contribution is 2.23. The number of hydrogen-bond donors (Lipinski definition) is 0. The van der Waals surface area contributed by atoms with Crippen LogP contribution in [0.3, 0.4) is 0 Å². The molecule has 17 heavy (non-hydrogen) atoms. The van der Waals surface area contributed by atoms with Gasteiger partial charge in [0.25, 0.3) is 0 Å². The smallest absolute Gasteiger partial charge is 0.324 e. The Morgan fingerprint density at radius 3 is 2.53 bits per heavy atom. The molecule has 0 aliphatic carbocycles. The van der Waals surface area contributed by atoms with E-state index >= 15 is 0 Å². The number of esters is 1. The SMILES string of the molecule is CCOC(=O)C1CCCCN1N1CCCCC1. The van der Waals surface area contributed by atoms with E-state index in [0.717, 1.165) is 32.5 Å². The average molecular weight is 240 g/mol. The van der Waals surface area contributed by atoms with Crippen molar-refractivity contribution in [2.75, 3.05) is 26.2 Å². The van der Waals surface area contributed by atoms with Crippen molar-refractivity contribution >= 4 is 5.97 Å². The van der Waals surface area contributed by atoms with Crippen molar-refractivity contribution in [1.29, 1.82) is 0 Å². The molecule has 0 aromatic heterocycles. The van der Waals surface area contributed by atoms with E-state index in [9.17, 15) is 4.79 Å². The monoisotopic (exact) mass is 240 g/mol. The summed E-state index contributed by atoms with van der Waals surface area (Å²) in [5.41, 5.74) is 0. The Morgan fingerprint density at radius 1 is 1.12 bits per heavy atom. The van der Waals surface area contributed by atoms with Crippen LogP contribution in [0.4, 0.5) is 0 Å². The van der Waals surface area contributed by atoms with Gasteiger partial charge in [0.1, 0.15) is 6.04 Å². The fourth-order valence-electron chi connectivity index (χ4n) is 2.87. The second kappa shape index (κ2) is 6.36. The first-order valence-corrected chi connectivity index (χ1v) is 7.01. The normalized spacial score (nSPS) is 27.9. The van der Waals surface area contributed by atoms with Crippen LogP contribution in [0.15, 0.2) is 0 Å². The molecule has 0 aromatic carbocycles. The summed E-state index contributed by atoms with van der Waals surface area (Å²) in [4.78, 5) is 12.0. The highest BCUT2D eigenvalue weighted by atomic mass is 16.5. The van der Waals surface area contributed by atoms with Gasteiger partial charge < -0.3 is 4.74 Å². The van der Waals surface area contributed by atoms with E-state index in [4.69, 9.17) is 4.74 Å². The largest absolute Gasteiger partial charge is 0.465 e. The second-order valence-electron chi connectivity index (χ2n) is 4.94. The van der Waals surface area contributed by atoms with Crippen LogP contribution in [0.25, 0.3) is 0 Å². The number of carbonyl (C=O) groups is 1. The maximum Gasteiger partial charge on any atom is 0.324 e.